The van der Waals surface area contributed by atoms with Crippen LogP contribution in [-0.4, -0.2) is 0 Å². The van der Waals surface area contributed by atoms with Crippen LogP contribution in [0.4, 0.5) is 51.2 Å². The summed E-state index contributed by atoms with van der Waals surface area (Å²) in [4.78, 5) is 7.07. The smallest absolute Gasteiger partial charge is 0.135 e. The molecule has 0 saturated heterocycles. The normalized spacial score (nSPS) is 11.8. The van der Waals surface area contributed by atoms with Gasteiger partial charge in [0.25, 0.3) is 0 Å². The number of hydrogen-bond acceptors (Lipinski definition) is 6. The first-order chi connectivity index (χ1) is 36.3. The summed E-state index contributed by atoms with van der Waals surface area (Å²) in [5, 5.41) is 6.36. The van der Waals surface area contributed by atoms with Crippen LogP contribution in [0.3, 0.4) is 0 Å². The Hall–Kier alpha value is -9.00. The Bertz CT molecular complexity index is 4400. The summed E-state index contributed by atoms with van der Waals surface area (Å²) >= 11 is 0. The SMILES string of the molecule is Cc1ccc2oc3ccc(N(c4ccc(C)c(C)c4)c4ccc5oc6ccc(N(c7ccc(C)c(C)c7)c7ccc8oc9ccc(N(c%10ccc(C)c(C)c%10)c%10ccc(C)c(C)c%10)cc9c8c7)cc6c5c4)cc3c2c1. The highest BCUT2D eigenvalue weighted by Gasteiger charge is 2.23. The van der Waals surface area contributed by atoms with E-state index in [0.29, 0.717) is 0 Å². The van der Waals surface area contributed by atoms with Crippen molar-refractivity contribution in [2.75, 3.05) is 14.7 Å². The third-order valence-corrected chi connectivity index (χ3v) is 15.8. The van der Waals surface area contributed by atoms with Gasteiger partial charge in [-0.1, -0.05) is 35.9 Å². The van der Waals surface area contributed by atoms with Crippen molar-refractivity contribution < 1.29 is 13.3 Å². The topological polar surface area (TPSA) is 49.1 Å². The summed E-state index contributed by atoms with van der Waals surface area (Å²) in [7, 11) is 0. The fourth-order valence-corrected chi connectivity index (χ4v) is 10.9. The van der Waals surface area contributed by atoms with Gasteiger partial charge in [-0.3, -0.25) is 0 Å². The van der Waals surface area contributed by atoms with Crippen LogP contribution < -0.4 is 14.7 Å². The van der Waals surface area contributed by atoms with E-state index in [0.717, 1.165) is 117 Å². The molecule has 0 aliphatic rings. The molecule has 0 bridgehead atoms. The average Bonchev–Trinajstić information content (AvgIpc) is 4.11. The highest BCUT2D eigenvalue weighted by atomic mass is 16.3. The number of hydrogen-bond donors (Lipinski definition) is 0. The van der Waals surface area contributed by atoms with Gasteiger partial charge in [0.2, 0.25) is 0 Å². The van der Waals surface area contributed by atoms with E-state index in [2.05, 4.69) is 259 Å². The summed E-state index contributed by atoms with van der Waals surface area (Å²) in [5.74, 6) is 0. The van der Waals surface area contributed by atoms with Gasteiger partial charge in [-0.05, 0) is 258 Å². The van der Waals surface area contributed by atoms with Crippen LogP contribution in [0.1, 0.15) is 50.1 Å². The van der Waals surface area contributed by atoms with Crippen molar-refractivity contribution in [1.82, 2.24) is 0 Å². The van der Waals surface area contributed by atoms with Crippen LogP contribution in [0.2, 0.25) is 0 Å². The molecule has 366 valence electrons. The highest BCUT2D eigenvalue weighted by Crippen LogP contribution is 2.46. The van der Waals surface area contributed by atoms with Crippen molar-refractivity contribution in [2.45, 2.75) is 62.3 Å². The van der Waals surface area contributed by atoms with Crippen molar-refractivity contribution in [1.29, 1.82) is 0 Å². The maximum absolute atomic E-state index is 6.67. The van der Waals surface area contributed by atoms with Crippen LogP contribution in [-0.2, 0) is 0 Å². The predicted octanol–water partition coefficient (Wildman–Crippen LogP) is 20.6. The highest BCUT2D eigenvalue weighted by molar-refractivity contribution is 6.11. The van der Waals surface area contributed by atoms with Crippen molar-refractivity contribution >= 4 is 117 Å². The summed E-state index contributed by atoms with van der Waals surface area (Å²) in [5.41, 5.74) is 25.8. The summed E-state index contributed by atoms with van der Waals surface area (Å²) in [6.07, 6.45) is 0. The van der Waals surface area contributed by atoms with E-state index in [4.69, 9.17) is 13.3 Å². The molecule has 3 aromatic heterocycles. The Morgan fingerprint density at radius 2 is 0.400 bits per heavy atom. The lowest BCUT2D eigenvalue weighted by molar-refractivity contribution is 0.668. The Morgan fingerprint density at radius 1 is 0.200 bits per heavy atom. The molecule has 6 heteroatoms. The van der Waals surface area contributed by atoms with E-state index in [-0.39, 0.29) is 0 Å². The Labute approximate surface area is 437 Å². The minimum atomic E-state index is 0.825. The molecule has 0 unspecified atom stereocenters. The second-order valence-corrected chi connectivity index (χ2v) is 20.8. The van der Waals surface area contributed by atoms with Gasteiger partial charge in [-0.25, -0.2) is 0 Å². The molecule has 0 amide bonds. The van der Waals surface area contributed by atoms with E-state index in [1.807, 2.05) is 0 Å². The average molecular weight is 976 g/mol. The van der Waals surface area contributed by atoms with Crippen LogP contribution in [0.5, 0.6) is 0 Å². The zero-order valence-electron chi connectivity index (χ0n) is 43.9. The molecular weight excluding hydrogens is 919 g/mol. The maximum Gasteiger partial charge on any atom is 0.135 e. The fraction of sp³-hybridized carbons (Fsp3) is 0.130. The monoisotopic (exact) mass is 975 g/mol. The molecule has 0 saturated carbocycles. The molecule has 10 aromatic carbocycles. The Morgan fingerprint density at radius 3 is 0.640 bits per heavy atom. The van der Waals surface area contributed by atoms with Gasteiger partial charge in [0.1, 0.15) is 33.5 Å². The third kappa shape index (κ3) is 7.87. The van der Waals surface area contributed by atoms with Crippen LogP contribution in [0.25, 0.3) is 65.8 Å². The minimum absolute atomic E-state index is 0.825. The van der Waals surface area contributed by atoms with Crippen LogP contribution in [0, 0.1) is 62.3 Å². The molecule has 0 atom stereocenters. The lowest BCUT2D eigenvalue weighted by Gasteiger charge is -2.27. The largest absolute Gasteiger partial charge is 0.456 e. The van der Waals surface area contributed by atoms with Gasteiger partial charge in [0, 0.05) is 83.5 Å². The zero-order valence-corrected chi connectivity index (χ0v) is 43.9. The van der Waals surface area contributed by atoms with Crippen molar-refractivity contribution in [3.05, 3.63) is 232 Å². The van der Waals surface area contributed by atoms with E-state index >= 15 is 0 Å². The molecule has 0 N–H and O–H groups in total. The van der Waals surface area contributed by atoms with Gasteiger partial charge in [0.05, 0.1) is 0 Å². The molecule has 13 aromatic rings. The number of furan rings is 3. The molecule has 0 aliphatic heterocycles. The molecular formula is C69H57N3O3. The van der Waals surface area contributed by atoms with Crippen molar-refractivity contribution in [3.8, 4) is 0 Å². The molecule has 0 radical (unpaired) electrons. The summed E-state index contributed by atoms with van der Waals surface area (Å²) in [6.45, 7) is 19.5. The molecule has 75 heavy (non-hydrogen) atoms. The van der Waals surface area contributed by atoms with Gasteiger partial charge >= 0.3 is 0 Å². The molecule has 3 heterocycles. The quantitative estimate of drug-likeness (QED) is 0.144. The van der Waals surface area contributed by atoms with E-state index in [9.17, 15) is 0 Å². The first kappa shape index (κ1) is 45.8. The molecule has 0 fully saturated rings. The number of aryl methyl sites for hydroxylation is 9. The van der Waals surface area contributed by atoms with Gasteiger partial charge in [-0.2, -0.15) is 0 Å². The lowest BCUT2D eigenvalue weighted by atomic mass is 10.0. The van der Waals surface area contributed by atoms with Crippen LogP contribution >= 0.6 is 0 Å². The number of anilines is 9. The van der Waals surface area contributed by atoms with E-state index in [1.54, 1.807) is 0 Å². The minimum Gasteiger partial charge on any atom is -0.456 e. The Kier molecular flexibility index (Phi) is 10.8. The second kappa shape index (κ2) is 17.6. The second-order valence-electron chi connectivity index (χ2n) is 20.8. The van der Waals surface area contributed by atoms with Gasteiger partial charge < -0.3 is 28.0 Å². The number of rotatable bonds is 9. The molecule has 0 aliphatic carbocycles. The molecule has 6 nitrogen and oxygen atoms in total. The number of nitrogens with zero attached hydrogens (tertiary/aromatic N) is 3. The van der Waals surface area contributed by atoms with Crippen molar-refractivity contribution in [2.24, 2.45) is 0 Å². The molecule has 0 spiro atoms. The maximum atomic E-state index is 6.67. The zero-order chi connectivity index (χ0) is 51.4. The van der Waals surface area contributed by atoms with Gasteiger partial charge in [0.15, 0.2) is 0 Å². The number of benzene rings is 10. The molecule has 13 rings (SSSR count). The fourth-order valence-electron chi connectivity index (χ4n) is 10.9. The first-order valence-electron chi connectivity index (χ1n) is 25.9. The van der Waals surface area contributed by atoms with Gasteiger partial charge in [-0.15, -0.1) is 0 Å². The standard InChI is InChI=1S/C69H57N3O3/c1-40-10-24-64-58(30-40)59-35-54(20-25-65(59)73-64)71(51-17-13-43(4)47(8)33-51)55-21-27-68-62(37-55)63-39-57(23-29-69(63)75-68)72(52-18-14-44(5)48(9)34-52)56-22-28-67-61(38-56)60-36-53(19-26-66(60)74-67)70(49-15-11-41(2)45(6)31-49)50-16-12-42(3)46(7)32-50/h10-39H,1-9H3. The first-order valence-corrected chi connectivity index (χ1v) is 25.9. The van der Waals surface area contributed by atoms with E-state index in [1.165, 1.54) is 50.1 Å². The Balaban J connectivity index is 0.961. The predicted molar refractivity (Wildman–Crippen MR) is 315 cm³/mol. The number of fused-ring (bicyclic) bond motifs is 9. The lowest BCUT2D eigenvalue weighted by Crippen LogP contribution is -2.11. The third-order valence-electron chi connectivity index (χ3n) is 15.8. The summed E-state index contributed by atoms with van der Waals surface area (Å²) in [6, 6.07) is 66.1. The van der Waals surface area contributed by atoms with Crippen molar-refractivity contribution in [3.63, 3.8) is 0 Å². The van der Waals surface area contributed by atoms with E-state index < -0.39 is 0 Å². The van der Waals surface area contributed by atoms with Crippen LogP contribution in [0.15, 0.2) is 195 Å². The summed E-state index contributed by atoms with van der Waals surface area (Å²) < 4.78 is 19.6.